The molecule has 0 bridgehead atoms. The van der Waals surface area contributed by atoms with Gasteiger partial charge in [0.1, 0.15) is 5.75 Å². The van der Waals surface area contributed by atoms with Crippen molar-refractivity contribution < 1.29 is 14.3 Å². The topological polar surface area (TPSA) is 54.9 Å². The molecule has 1 fully saturated rings. The van der Waals surface area contributed by atoms with E-state index in [-0.39, 0.29) is 5.91 Å². The molecule has 6 nitrogen and oxygen atoms in total. The number of fused-ring (bicyclic) bond motifs is 1. The first-order valence-corrected chi connectivity index (χ1v) is 11.1. The van der Waals surface area contributed by atoms with Gasteiger partial charge in [-0.3, -0.25) is 14.6 Å². The van der Waals surface area contributed by atoms with E-state index in [0.717, 1.165) is 60.4 Å². The van der Waals surface area contributed by atoms with Gasteiger partial charge in [-0.1, -0.05) is 41.7 Å². The molecule has 4 rings (SSSR count). The molecule has 1 saturated heterocycles. The number of amides is 1. The van der Waals surface area contributed by atoms with Crippen LogP contribution in [-0.4, -0.2) is 62.3 Å². The van der Waals surface area contributed by atoms with E-state index in [2.05, 4.69) is 17.0 Å². The van der Waals surface area contributed by atoms with Crippen molar-refractivity contribution in [1.82, 2.24) is 9.88 Å². The Bertz CT molecular complexity index is 970. The number of thiazole rings is 1. The summed E-state index contributed by atoms with van der Waals surface area (Å²) in [6, 6.07) is 16.0. The highest BCUT2D eigenvalue weighted by molar-refractivity contribution is 7.22. The van der Waals surface area contributed by atoms with Gasteiger partial charge in [-0.05, 0) is 24.1 Å². The predicted molar refractivity (Wildman–Crippen MR) is 121 cm³/mol. The smallest absolute Gasteiger partial charge is 0.229 e. The third-order valence-corrected chi connectivity index (χ3v) is 6.39. The fourth-order valence-electron chi connectivity index (χ4n) is 3.56. The molecule has 1 amide bonds. The monoisotopic (exact) mass is 425 g/mol. The molecule has 1 aromatic heterocycles. The lowest BCUT2D eigenvalue weighted by Crippen LogP contribution is -2.43. The summed E-state index contributed by atoms with van der Waals surface area (Å²) >= 11 is 1.56. The second-order valence-electron chi connectivity index (χ2n) is 7.32. The minimum Gasteiger partial charge on any atom is -0.497 e. The number of ether oxygens (including phenoxy) is 2. The zero-order valence-corrected chi connectivity index (χ0v) is 18.1. The number of hydrogen-bond acceptors (Lipinski definition) is 6. The first-order chi connectivity index (χ1) is 14.7. The predicted octanol–water partition coefficient (Wildman–Crippen LogP) is 3.60. The van der Waals surface area contributed by atoms with Crippen LogP contribution in [0.3, 0.4) is 0 Å². The Kier molecular flexibility index (Phi) is 6.94. The third kappa shape index (κ3) is 5.16. The molecular weight excluding hydrogens is 398 g/mol. The molecule has 30 heavy (non-hydrogen) atoms. The van der Waals surface area contributed by atoms with Crippen LogP contribution in [0.5, 0.6) is 5.75 Å². The molecule has 0 saturated carbocycles. The van der Waals surface area contributed by atoms with Crippen molar-refractivity contribution in [3.63, 3.8) is 0 Å². The van der Waals surface area contributed by atoms with E-state index in [1.165, 1.54) is 5.56 Å². The van der Waals surface area contributed by atoms with Crippen molar-refractivity contribution in [3.8, 4) is 5.75 Å². The highest BCUT2D eigenvalue weighted by atomic mass is 32.1. The Morgan fingerprint density at radius 2 is 2.00 bits per heavy atom. The Morgan fingerprint density at radius 1 is 1.20 bits per heavy atom. The van der Waals surface area contributed by atoms with Crippen LogP contribution in [0.2, 0.25) is 0 Å². The second kappa shape index (κ2) is 10.0. The zero-order chi connectivity index (χ0) is 20.8. The summed E-state index contributed by atoms with van der Waals surface area (Å²) in [6.07, 6.45) is 1.19. The molecule has 0 aliphatic carbocycles. The molecule has 2 aromatic carbocycles. The Morgan fingerprint density at radius 3 is 2.77 bits per heavy atom. The van der Waals surface area contributed by atoms with Crippen LogP contribution >= 0.6 is 11.3 Å². The van der Waals surface area contributed by atoms with Gasteiger partial charge < -0.3 is 9.47 Å². The molecule has 1 aliphatic rings. The van der Waals surface area contributed by atoms with Crippen molar-refractivity contribution in [2.24, 2.45) is 0 Å². The zero-order valence-electron chi connectivity index (χ0n) is 17.3. The summed E-state index contributed by atoms with van der Waals surface area (Å²) in [4.78, 5) is 22.2. The van der Waals surface area contributed by atoms with Gasteiger partial charge in [0.2, 0.25) is 5.91 Å². The molecule has 3 aromatic rings. The molecule has 0 spiro atoms. The van der Waals surface area contributed by atoms with E-state index in [4.69, 9.17) is 14.5 Å². The van der Waals surface area contributed by atoms with Crippen LogP contribution in [0.15, 0.2) is 48.5 Å². The average Bonchev–Trinajstić information content (AvgIpc) is 3.22. The average molecular weight is 426 g/mol. The number of nitrogens with zero attached hydrogens (tertiary/aromatic N) is 3. The maximum atomic E-state index is 13.2. The number of rotatable bonds is 8. The third-order valence-electron chi connectivity index (χ3n) is 5.33. The first-order valence-electron chi connectivity index (χ1n) is 10.3. The number of aryl methyl sites for hydroxylation is 1. The van der Waals surface area contributed by atoms with E-state index in [0.29, 0.717) is 13.0 Å². The quantitative estimate of drug-likeness (QED) is 0.552. The summed E-state index contributed by atoms with van der Waals surface area (Å²) in [7, 11) is 1.65. The van der Waals surface area contributed by atoms with Crippen LogP contribution in [0, 0.1) is 0 Å². The van der Waals surface area contributed by atoms with E-state index in [1.54, 1.807) is 18.4 Å². The highest BCUT2D eigenvalue weighted by Crippen LogP contribution is 2.31. The number of aromatic nitrogens is 1. The lowest BCUT2D eigenvalue weighted by molar-refractivity contribution is -0.118. The number of methoxy groups -OCH3 is 1. The highest BCUT2D eigenvalue weighted by Gasteiger charge is 2.21. The number of morpholine rings is 1. The molecular formula is C23H27N3O3S. The van der Waals surface area contributed by atoms with Crippen LogP contribution in [0.25, 0.3) is 10.2 Å². The van der Waals surface area contributed by atoms with Crippen molar-refractivity contribution in [3.05, 3.63) is 54.1 Å². The van der Waals surface area contributed by atoms with Gasteiger partial charge in [0.05, 0.1) is 30.5 Å². The molecule has 7 heteroatoms. The fourth-order valence-corrected chi connectivity index (χ4v) is 4.55. The van der Waals surface area contributed by atoms with Crippen molar-refractivity contribution in [2.75, 3.05) is 51.4 Å². The largest absolute Gasteiger partial charge is 0.497 e. The standard InChI is InChI=1S/C23H27N3O3S/c1-28-19-8-9-21-20(17-19)24-23(30-21)26(12-11-25-13-15-29-16-14-25)22(27)10-7-18-5-3-2-4-6-18/h2-6,8-9,17H,7,10-16H2,1H3. The molecule has 0 unspecified atom stereocenters. The fraction of sp³-hybridized carbons (Fsp3) is 0.391. The van der Waals surface area contributed by atoms with Gasteiger partial charge in [0.15, 0.2) is 5.13 Å². The molecule has 2 heterocycles. The summed E-state index contributed by atoms with van der Waals surface area (Å²) in [5.41, 5.74) is 2.04. The van der Waals surface area contributed by atoms with Crippen molar-refractivity contribution in [1.29, 1.82) is 0 Å². The summed E-state index contributed by atoms with van der Waals surface area (Å²) in [5.74, 6) is 0.882. The molecule has 0 atom stereocenters. The van der Waals surface area contributed by atoms with Crippen LogP contribution in [-0.2, 0) is 16.0 Å². The van der Waals surface area contributed by atoms with Gasteiger partial charge in [0.25, 0.3) is 0 Å². The van der Waals surface area contributed by atoms with E-state index >= 15 is 0 Å². The maximum absolute atomic E-state index is 13.2. The van der Waals surface area contributed by atoms with Gasteiger partial charge in [-0.2, -0.15) is 0 Å². The van der Waals surface area contributed by atoms with Gasteiger partial charge in [0, 0.05) is 38.7 Å². The lowest BCUT2D eigenvalue weighted by atomic mass is 10.1. The number of hydrogen-bond donors (Lipinski definition) is 0. The van der Waals surface area contributed by atoms with Crippen molar-refractivity contribution >= 4 is 32.6 Å². The Hall–Kier alpha value is -2.48. The van der Waals surface area contributed by atoms with Crippen molar-refractivity contribution in [2.45, 2.75) is 12.8 Å². The number of benzene rings is 2. The minimum atomic E-state index is 0.109. The second-order valence-corrected chi connectivity index (χ2v) is 8.32. The summed E-state index contributed by atoms with van der Waals surface area (Å²) < 4.78 is 11.8. The van der Waals surface area contributed by atoms with E-state index in [1.807, 2.05) is 41.3 Å². The number of anilines is 1. The summed E-state index contributed by atoms with van der Waals surface area (Å²) in [6.45, 7) is 4.77. The molecule has 0 N–H and O–H groups in total. The molecule has 1 aliphatic heterocycles. The first kappa shape index (κ1) is 20.8. The Balaban J connectivity index is 1.51. The van der Waals surface area contributed by atoms with Crippen LogP contribution in [0.1, 0.15) is 12.0 Å². The SMILES string of the molecule is COc1ccc2sc(N(CCN3CCOCC3)C(=O)CCc3ccccc3)nc2c1. The molecule has 0 radical (unpaired) electrons. The van der Waals surface area contributed by atoms with Gasteiger partial charge in [-0.25, -0.2) is 4.98 Å². The van der Waals surface area contributed by atoms with Gasteiger partial charge in [-0.15, -0.1) is 0 Å². The maximum Gasteiger partial charge on any atom is 0.229 e. The van der Waals surface area contributed by atoms with Gasteiger partial charge >= 0.3 is 0 Å². The Labute approximate surface area is 181 Å². The minimum absolute atomic E-state index is 0.109. The van der Waals surface area contributed by atoms with Crippen LogP contribution < -0.4 is 9.64 Å². The normalized spacial score (nSPS) is 14.7. The molecule has 158 valence electrons. The van der Waals surface area contributed by atoms with E-state index in [9.17, 15) is 4.79 Å². The lowest BCUT2D eigenvalue weighted by Gasteiger charge is -2.29. The number of carbonyl (C=O) groups excluding carboxylic acids is 1. The number of carbonyl (C=O) groups is 1. The summed E-state index contributed by atoms with van der Waals surface area (Å²) in [5, 5.41) is 0.754. The van der Waals surface area contributed by atoms with Crippen LogP contribution in [0.4, 0.5) is 5.13 Å². The van der Waals surface area contributed by atoms with E-state index < -0.39 is 0 Å².